The van der Waals surface area contributed by atoms with Gasteiger partial charge in [0, 0.05) is 71.7 Å². The number of benzene rings is 1. The zero-order chi connectivity index (χ0) is 23.4. The Morgan fingerprint density at radius 3 is 2.73 bits per heavy atom. The second-order valence-electron chi connectivity index (χ2n) is 7.95. The fourth-order valence-corrected chi connectivity index (χ4v) is 3.96. The van der Waals surface area contributed by atoms with Crippen molar-refractivity contribution in [2.45, 2.75) is 26.7 Å². The van der Waals surface area contributed by atoms with Crippen LogP contribution in [0, 0.1) is 6.92 Å². The number of hydrogen-bond acceptors (Lipinski definition) is 4. The zero-order valence-electron chi connectivity index (χ0n) is 19.1. The van der Waals surface area contributed by atoms with Crippen LogP contribution in [0.1, 0.15) is 41.3 Å². The molecular formula is C26H27N5O2. The van der Waals surface area contributed by atoms with Gasteiger partial charge in [-0.15, -0.1) is 0 Å². The number of nitrogens with zero attached hydrogens (tertiary/aromatic N) is 3. The third-order valence-corrected chi connectivity index (χ3v) is 5.81. The van der Waals surface area contributed by atoms with Crippen LogP contribution in [0.4, 0.5) is 10.5 Å². The summed E-state index contributed by atoms with van der Waals surface area (Å²) < 4.78 is 0. The van der Waals surface area contributed by atoms with Crippen LogP contribution in [-0.4, -0.2) is 40.4 Å². The quantitative estimate of drug-likeness (QED) is 0.308. The van der Waals surface area contributed by atoms with Crippen molar-refractivity contribution in [3.05, 3.63) is 77.9 Å². The third-order valence-electron chi connectivity index (χ3n) is 5.81. The number of H-pyrrole nitrogens is 1. The Kier molecular flexibility index (Phi) is 6.49. The van der Waals surface area contributed by atoms with Gasteiger partial charge in [-0.3, -0.25) is 14.7 Å². The Hall–Kier alpha value is -4.00. The maximum Gasteiger partial charge on any atom is 0.321 e. The van der Waals surface area contributed by atoms with Crippen LogP contribution in [-0.2, 0) is 0 Å². The number of urea groups is 1. The SMILES string of the molecule is CCCCNC(=O)N(C)c1cccc(C(=O)c2c(-c3cccnc3)cnc3[nH]ccc23)c1C. The third kappa shape index (κ3) is 4.35. The van der Waals surface area contributed by atoms with Gasteiger partial charge in [-0.1, -0.05) is 31.5 Å². The molecule has 0 atom stereocenters. The number of aromatic amines is 1. The van der Waals surface area contributed by atoms with Crippen LogP contribution < -0.4 is 10.2 Å². The molecule has 0 aliphatic heterocycles. The summed E-state index contributed by atoms with van der Waals surface area (Å²) in [6.07, 6.45) is 8.83. The minimum atomic E-state index is -0.191. The summed E-state index contributed by atoms with van der Waals surface area (Å²) in [6, 6.07) is 10.9. The van der Waals surface area contributed by atoms with Gasteiger partial charge in [0.15, 0.2) is 5.78 Å². The molecule has 0 bridgehead atoms. The van der Waals surface area contributed by atoms with E-state index in [1.54, 1.807) is 42.8 Å². The molecule has 7 nitrogen and oxygen atoms in total. The summed E-state index contributed by atoms with van der Waals surface area (Å²) in [5, 5.41) is 3.67. The van der Waals surface area contributed by atoms with E-state index in [0.717, 1.165) is 34.9 Å². The molecule has 4 aromatic rings. The van der Waals surface area contributed by atoms with Crippen molar-refractivity contribution >= 4 is 28.5 Å². The number of ketones is 1. The molecule has 2 N–H and O–H groups in total. The summed E-state index contributed by atoms with van der Waals surface area (Å²) >= 11 is 0. The number of rotatable bonds is 7. The Bertz CT molecular complexity index is 1300. The highest BCUT2D eigenvalue weighted by Crippen LogP contribution is 2.32. The van der Waals surface area contributed by atoms with Gasteiger partial charge in [-0.2, -0.15) is 0 Å². The van der Waals surface area contributed by atoms with Crippen molar-refractivity contribution < 1.29 is 9.59 Å². The molecule has 0 spiro atoms. The molecule has 0 saturated carbocycles. The van der Waals surface area contributed by atoms with Gasteiger partial charge >= 0.3 is 6.03 Å². The maximum atomic E-state index is 13.9. The second kappa shape index (κ2) is 9.65. The summed E-state index contributed by atoms with van der Waals surface area (Å²) in [4.78, 5) is 39.9. The van der Waals surface area contributed by atoms with Crippen LogP contribution >= 0.6 is 0 Å². The fraction of sp³-hybridized carbons (Fsp3) is 0.231. The summed E-state index contributed by atoms with van der Waals surface area (Å²) in [7, 11) is 1.72. The number of carbonyl (C=O) groups is 2. The molecular weight excluding hydrogens is 414 g/mol. The van der Waals surface area contributed by atoms with Crippen LogP contribution in [0.15, 0.2) is 61.2 Å². The van der Waals surface area contributed by atoms with Crippen molar-refractivity contribution in [1.82, 2.24) is 20.3 Å². The number of unbranched alkanes of at least 4 members (excludes halogenated alkanes) is 1. The standard InChI is InChI=1S/C26H27N5O2/c1-4-5-13-29-26(33)31(3)22-10-6-9-19(17(22)2)24(32)23-20-11-14-28-25(20)30-16-21(23)18-8-7-12-27-15-18/h6-12,14-16H,4-5,13H2,1-3H3,(H,28,30)(H,29,33). The van der Waals surface area contributed by atoms with Gasteiger partial charge in [0.2, 0.25) is 0 Å². The number of aromatic nitrogens is 3. The van der Waals surface area contributed by atoms with Gasteiger partial charge in [0.25, 0.3) is 0 Å². The highest BCUT2D eigenvalue weighted by molar-refractivity contribution is 6.20. The van der Waals surface area contributed by atoms with E-state index in [9.17, 15) is 9.59 Å². The van der Waals surface area contributed by atoms with Crippen LogP contribution in [0.5, 0.6) is 0 Å². The van der Waals surface area contributed by atoms with Crippen LogP contribution in [0.3, 0.4) is 0 Å². The van der Waals surface area contributed by atoms with E-state index >= 15 is 0 Å². The minimum Gasteiger partial charge on any atom is -0.346 e. The summed E-state index contributed by atoms with van der Waals surface area (Å²) in [6.45, 7) is 4.57. The van der Waals surface area contributed by atoms with Crippen molar-refractivity contribution in [2.24, 2.45) is 0 Å². The first kappa shape index (κ1) is 22.2. The Labute approximate surface area is 192 Å². The molecule has 4 rings (SSSR count). The lowest BCUT2D eigenvalue weighted by molar-refractivity contribution is 0.104. The summed E-state index contributed by atoms with van der Waals surface area (Å²) in [5.41, 5.74) is 4.72. The summed E-state index contributed by atoms with van der Waals surface area (Å²) in [5.74, 6) is -0.125. The monoisotopic (exact) mass is 441 g/mol. The first-order valence-corrected chi connectivity index (χ1v) is 11.0. The first-order chi connectivity index (χ1) is 16.0. The molecule has 3 aromatic heterocycles. The molecule has 2 amide bonds. The molecule has 168 valence electrons. The number of nitrogens with one attached hydrogen (secondary N) is 2. The highest BCUT2D eigenvalue weighted by atomic mass is 16.2. The van der Waals surface area contributed by atoms with Gasteiger partial charge in [-0.25, -0.2) is 9.78 Å². The zero-order valence-corrected chi connectivity index (χ0v) is 19.1. The lowest BCUT2D eigenvalue weighted by Gasteiger charge is -2.22. The average molecular weight is 442 g/mol. The number of amides is 2. The number of hydrogen-bond donors (Lipinski definition) is 2. The largest absolute Gasteiger partial charge is 0.346 e. The molecule has 0 radical (unpaired) electrons. The van der Waals surface area contributed by atoms with Crippen molar-refractivity contribution in [3.8, 4) is 11.1 Å². The number of anilines is 1. The van der Waals surface area contributed by atoms with Crippen LogP contribution in [0.25, 0.3) is 22.2 Å². The van der Waals surface area contributed by atoms with Crippen molar-refractivity contribution in [1.29, 1.82) is 0 Å². The van der Waals surface area contributed by atoms with Crippen molar-refractivity contribution in [3.63, 3.8) is 0 Å². The predicted molar refractivity (Wildman–Crippen MR) is 131 cm³/mol. The number of pyridine rings is 2. The lowest BCUT2D eigenvalue weighted by Crippen LogP contribution is -2.38. The Morgan fingerprint density at radius 1 is 1.12 bits per heavy atom. The van der Waals surface area contributed by atoms with E-state index in [-0.39, 0.29) is 11.8 Å². The molecule has 0 aliphatic carbocycles. The van der Waals surface area contributed by atoms with Crippen molar-refractivity contribution in [2.75, 3.05) is 18.5 Å². The Morgan fingerprint density at radius 2 is 1.97 bits per heavy atom. The first-order valence-electron chi connectivity index (χ1n) is 11.0. The van der Waals surface area contributed by atoms with E-state index in [0.29, 0.717) is 29.0 Å². The molecule has 33 heavy (non-hydrogen) atoms. The van der Waals surface area contributed by atoms with E-state index in [4.69, 9.17) is 0 Å². The van der Waals surface area contributed by atoms with E-state index in [2.05, 4.69) is 27.2 Å². The molecule has 0 saturated heterocycles. The molecule has 3 heterocycles. The fourth-order valence-electron chi connectivity index (χ4n) is 3.96. The highest BCUT2D eigenvalue weighted by Gasteiger charge is 2.23. The maximum absolute atomic E-state index is 13.9. The second-order valence-corrected chi connectivity index (χ2v) is 7.95. The minimum absolute atomic E-state index is 0.125. The number of carbonyl (C=O) groups excluding carboxylic acids is 2. The van der Waals surface area contributed by atoms with Gasteiger partial charge in [0.05, 0.1) is 0 Å². The van der Waals surface area contributed by atoms with Gasteiger partial charge < -0.3 is 10.3 Å². The molecule has 0 unspecified atom stereocenters. The van der Waals surface area contributed by atoms with Crippen LogP contribution in [0.2, 0.25) is 0 Å². The predicted octanol–water partition coefficient (Wildman–Crippen LogP) is 5.11. The number of fused-ring (bicyclic) bond motifs is 1. The van der Waals surface area contributed by atoms with E-state index < -0.39 is 0 Å². The Balaban J connectivity index is 1.77. The van der Waals surface area contributed by atoms with Gasteiger partial charge in [0.1, 0.15) is 5.65 Å². The average Bonchev–Trinajstić information content (AvgIpc) is 3.32. The smallest absolute Gasteiger partial charge is 0.321 e. The van der Waals surface area contributed by atoms with E-state index in [1.165, 1.54) is 0 Å². The lowest BCUT2D eigenvalue weighted by atomic mass is 9.91. The molecule has 7 heteroatoms. The topological polar surface area (TPSA) is 91.0 Å². The molecule has 1 aromatic carbocycles. The van der Waals surface area contributed by atoms with Gasteiger partial charge in [-0.05, 0) is 37.1 Å². The van der Waals surface area contributed by atoms with E-state index in [1.807, 2.05) is 37.3 Å². The molecule has 0 aliphatic rings. The molecule has 0 fully saturated rings. The normalized spacial score (nSPS) is 10.9.